The average molecular weight is 395 g/mol. The van der Waals surface area contributed by atoms with Gasteiger partial charge in [-0.25, -0.2) is 4.79 Å². The van der Waals surface area contributed by atoms with Gasteiger partial charge in [0.15, 0.2) is 0 Å². The van der Waals surface area contributed by atoms with Crippen LogP contribution in [0, 0.1) is 5.21 Å². The number of carboxylic acid groups (broad SMARTS) is 1. The van der Waals surface area contributed by atoms with Crippen LogP contribution in [0.25, 0.3) is 0 Å². The van der Waals surface area contributed by atoms with Crippen LogP contribution in [0.4, 0.5) is 4.79 Å². The molecule has 9 nitrogen and oxygen atoms in total. The number of nitrogens with zero attached hydrogens (tertiary/aromatic N) is 3. The maximum absolute atomic E-state index is 12.4. The zero-order valence-corrected chi connectivity index (χ0v) is 16.8. The summed E-state index contributed by atoms with van der Waals surface area (Å²) in [6.45, 7) is 5.41. The first-order valence-corrected chi connectivity index (χ1v) is 9.32. The van der Waals surface area contributed by atoms with Crippen molar-refractivity contribution in [3.63, 3.8) is 0 Å². The van der Waals surface area contributed by atoms with Gasteiger partial charge >= 0.3 is 6.16 Å². The molecule has 1 N–H and O–H groups in total. The van der Waals surface area contributed by atoms with Crippen LogP contribution in [0.2, 0.25) is 0 Å². The first-order chi connectivity index (χ1) is 13.2. The van der Waals surface area contributed by atoms with Gasteiger partial charge in [0.1, 0.15) is 25.0 Å². The van der Waals surface area contributed by atoms with Crippen LogP contribution >= 0.6 is 0 Å². The number of ether oxygens (including phenoxy) is 2. The van der Waals surface area contributed by atoms with Gasteiger partial charge in [-0.05, 0) is 63.6 Å². The lowest BCUT2D eigenvalue weighted by molar-refractivity contribution is -0.726. The molecule has 28 heavy (non-hydrogen) atoms. The number of carbonyl (C=O) groups is 1. The maximum Gasteiger partial charge on any atom is 0.505 e. The van der Waals surface area contributed by atoms with Crippen molar-refractivity contribution >= 4 is 6.16 Å². The van der Waals surface area contributed by atoms with Crippen molar-refractivity contribution in [2.75, 3.05) is 20.3 Å². The summed E-state index contributed by atoms with van der Waals surface area (Å²) < 4.78 is 9.68. The van der Waals surface area contributed by atoms with Gasteiger partial charge in [0, 0.05) is 0 Å². The molecule has 1 aliphatic rings. The molecule has 1 aromatic rings. The summed E-state index contributed by atoms with van der Waals surface area (Å²) in [6, 6.07) is 7.97. The number of hydrogen-bond donors (Lipinski definition) is 1. The van der Waals surface area contributed by atoms with Crippen LogP contribution in [0.3, 0.4) is 0 Å². The molecule has 0 heterocycles. The van der Waals surface area contributed by atoms with E-state index in [1.807, 2.05) is 45.0 Å². The fourth-order valence-corrected chi connectivity index (χ4v) is 3.26. The molecule has 9 heteroatoms. The lowest BCUT2D eigenvalue weighted by atomic mass is 9.98. The average Bonchev–Trinajstić information content (AvgIpc) is 3.11. The van der Waals surface area contributed by atoms with E-state index in [9.17, 15) is 10.0 Å². The van der Waals surface area contributed by atoms with Crippen LogP contribution in [0.15, 0.2) is 29.5 Å². The quantitative estimate of drug-likeness (QED) is 0.307. The molecule has 2 atom stereocenters. The molecule has 156 valence electrons. The topological polar surface area (TPSA) is 107 Å². The molecule has 0 spiro atoms. The molecule has 0 saturated heterocycles. The first-order valence-electron chi connectivity index (χ1n) is 9.32. The molecular weight excluding hydrogens is 366 g/mol. The summed E-state index contributed by atoms with van der Waals surface area (Å²) >= 11 is 0. The highest BCUT2D eigenvalue weighted by molar-refractivity contribution is 5.56. The SMILES string of the molecule is COc1ccc([C@@H]2CC[C@H](O/N=[N+](\[O-])N(CCOC(=O)O)C(C)(C)C)C2)cc1. The molecule has 1 aromatic carbocycles. The summed E-state index contributed by atoms with van der Waals surface area (Å²) in [4.78, 5) is 16.4. The van der Waals surface area contributed by atoms with Crippen molar-refractivity contribution in [1.82, 2.24) is 5.01 Å². The Kier molecular flexibility index (Phi) is 7.31. The van der Waals surface area contributed by atoms with Crippen molar-refractivity contribution in [3.05, 3.63) is 35.0 Å². The molecule has 0 unspecified atom stereocenters. The third-order valence-corrected chi connectivity index (χ3v) is 4.75. The van der Waals surface area contributed by atoms with E-state index in [4.69, 9.17) is 14.7 Å². The Labute approximate surface area is 165 Å². The highest BCUT2D eigenvalue weighted by atomic mass is 16.7. The van der Waals surface area contributed by atoms with Gasteiger partial charge in [-0.1, -0.05) is 12.1 Å². The number of hydrazine groups is 1. The van der Waals surface area contributed by atoms with Crippen molar-refractivity contribution in [1.29, 1.82) is 0 Å². The standard InChI is InChI=1S/C19H29N3O6/c1-19(2,3)21(11-12-27-18(23)24)22(25)20-28-17-10-7-15(13-17)14-5-8-16(26-4)9-6-14/h5-6,8-9,15,17H,7,10-13H2,1-4H3,(H,23,24)/b22-20-/t15-,17+/m1/s1. The van der Waals surface area contributed by atoms with Gasteiger partial charge in [0.2, 0.25) is 5.28 Å². The number of methoxy groups -OCH3 is 1. The third kappa shape index (κ3) is 6.17. The zero-order chi connectivity index (χ0) is 20.7. The Balaban J connectivity index is 1.92. The van der Waals surface area contributed by atoms with E-state index in [0.717, 1.165) is 25.0 Å². The van der Waals surface area contributed by atoms with E-state index < -0.39 is 11.7 Å². The smallest absolute Gasteiger partial charge is 0.505 e. The summed E-state index contributed by atoms with van der Waals surface area (Å²) in [6.07, 6.45) is 1.03. The van der Waals surface area contributed by atoms with E-state index in [1.54, 1.807) is 7.11 Å². The highest BCUT2D eigenvalue weighted by Crippen LogP contribution is 2.36. The normalized spacial score (nSPS) is 19.9. The minimum atomic E-state index is -1.38. The zero-order valence-electron chi connectivity index (χ0n) is 16.8. The molecule has 1 saturated carbocycles. The van der Waals surface area contributed by atoms with Gasteiger partial charge in [-0.2, -0.15) is 0 Å². The van der Waals surface area contributed by atoms with Crippen LogP contribution in [0.1, 0.15) is 51.5 Å². The minimum Gasteiger partial charge on any atom is -0.569 e. The van der Waals surface area contributed by atoms with Gasteiger partial charge < -0.3 is 24.6 Å². The predicted octanol–water partition coefficient (Wildman–Crippen LogP) is 3.94. The summed E-state index contributed by atoms with van der Waals surface area (Å²) in [7, 11) is 1.64. The molecule has 0 aromatic heterocycles. The number of hydrogen-bond acceptors (Lipinski definition) is 6. The monoisotopic (exact) mass is 395 g/mol. The second-order valence-electron chi connectivity index (χ2n) is 7.75. The Morgan fingerprint density at radius 3 is 2.57 bits per heavy atom. The Bertz CT molecular complexity index is 671. The lowest BCUT2D eigenvalue weighted by Gasteiger charge is -2.30. The van der Waals surface area contributed by atoms with E-state index in [0.29, 0.717) is 10.9 Å². The van der Waals surface area contributed by atoms with Crippen LogP contribution in [-0.4, -0.2) is 53.1 Å². The summed E-state index contributed by atoms with van der Waals surface area (Å²) in [5.74, 6) is 1.18. The second-order valence-corrected chi connectivity index (χ2v) is 7.75. The van der Waals surface area contributed by atoms with Crippen molar-refractivity contribution in [3.8, 4) is 5.75 Å². The molecule has 0 bridgehead atoms. The molecule has 0 radical (unpaired) electrons. The number of benzene rings is 1. The van der Waals surface area contributed by atoms with Gasteiger partial charge in [0.05, 0.1) is 17.6 Å². The molecule has 1 fully saturated rings. The van der Waals surface area contributed by atoms with E-state index in [2.05, 4.69) is 10.0 Å². The minimum absolute atomic E-state index is 0.0747. The van der Waals surface area contributed by atoms with E-state index in [1.165, 1.54) is 10.6 Å². The van der Waals surface area contributed by atoms with Crippen molar-refractivity contribution < 1.29 is 29.2 Å². The summed E-state index contributed by atoms with van der Waals surface area (Å²) in [5.41, 5.74) is 0.644. The first kappa shape index (κ1) is 21.6. The maximum atomic E-state index is 12.4. The summed E-state index contributed by atoms with van der Waals surface area (Å²) in [5, 5.41) is 26.0. The second kappa shape index (κ2) is 9.48. The van der Waals surface area contributed by atoms with Crippen LogP contribution in [-0.2, 0) is 9.57 Å². The fourth-order valence-electron chi connectivity index (χ4n) is 3.26. The van der Waals surface area contributed by atoms with Crippen LogP contribution in [0.5, 0.6) is 5.75 Å². The number of rotatable bonds is 8. The molecule has 0 amide bonds. The predicted molar refractivity (Wildman–Crippen MR) is 101 cm³/mol. The van der Waals surface area contributed by atoms with E-state index in [-0.39, 0.29) is 19.3 Å². The van der Waals surface area contributed by atoms with Crippen molar-refractivity contribution in [2.24, 2.45) is 5.28 Å². The highest BCUT2D eigenvalue weighted by Gasteiger charge is 2.31. The fraction of sp³-hybridized carbons (Fsp3) is 0.632. The molecule has 0 aliphatic heterocycles. The van der Waals surface area contributed by atoms with Gasteiger partial charge in [-0.15, -0.1) is 5.01 Å². The van der Waals surface area contributed by atoms with E-state index >= 15 is 0 Å². The Morgan fingerprint density at radius 2 is 2.00 bits per heavy atom. The molecule has 2 rings (SSSR count). The lowest BCUT2D eigenvalue weighted by Crippen LogP contribution is -2.47. The largest absolute Gasteiger partial charge is 0.569 e. The van der Waals surface area contributed by atoms with Gasteiger partial charge in [-0.3, -0.25) is 0 Å². The van der Waals surface area contributed by atoms with Crippen LogP contribution < -0.4 is 4.74 Å². The van der Waals surface area contributed by atoms with Gasteiger partial charge in [0.25, 0.3) is 0 Å². The third-order valence-electron chi connectivity index (χ3n) is 4.75. The molecular formula is C19H29N3O6. The molecule has 1 aliphatic carbocycles. The Hall–Kier alpha value is -2.71. The van der Waals surface area contributed by atoms with Crippen molar-refractivity contribution in [2.45, 2.75) is 57.6 Å². The Morgan fingerprint density at radius 1 is 1.32 bits per heavy atom.